The van der Waals surface area contributed by atoms with Gasteiger partial charge in [-0.3, -0.25) is 0 Å². The quantitative estimate of drug-likeness (QED) is 0.933. The molecule has 0 unspecified atom stereocenters. The molecule has 0 aromatic heterocycles. The smallest absolute Gasteiger partial charge is 0.151 e. The summed E-state index contributed by atoms with van der Waals surface area (Å²) in [6.07, 6.45) is 0.729. The molecule has 2 aromatic rings. The summed E-state index contributed by atoms with van der Waals surface area (Å²) >= 11 is 0. The number of rotatable bonds is 3. The Morgan fingerprint density at radius 1 is 1.11 bits per heavy atom. The van der Waals surface area contributed by atoms with Crippen molar-refractivity contribution >= 4 is 20.6 Å². The second-order valence-corrected chi connectivity index (χ2v) is 7.35. The number of fused-ring (bicyclic) bond motifs is 1. The third kappa shape index (κ3) is 2.80. The van der Waals surface area contributed by atoms with Gasteiger partial charge < -0.3 is 5.32 Å². The van der Waals surface area contributed by atoms with E-state index >= 15 is 0 Å². The van der Waals surface area contributed by atoms with E-state index in [-0.39, 0.29) is 11.8 Å². The van der Waals surface area contributed by atoms with E-state index < -0.39 is 9.84 Å². The summed E-state index contributed by atoms with van der Waals surface area (Å²) in [5, 5.41) is 5.82. The van der Waals surface area contributed by atoms with Gasteiger partial charge in [0.15, 0.2) is 9.84 Å². The fraction of sp³-hybridized carbons (Fsp3) is 0.333. The van der Waals surface area contributed by atoms with E-state index in [1.165, 1.54) is 16.3 Å². The molecule has 4 heteroatoms. The second kappa shape index (κ2) is 4.94. The molecular formula is C15H17NO2S. The molecule has 0 bridgehead atoms. The fourth-order valence-corrected chi connectivity index (χ4v) is 4.36. The summed E-state index contributed by atoms with van der Waals surface area (Å²) in [6.45, 7) is 0.724. The summed E-state index contributed by atoms with van der Waals surface area (Å²) in [6, 6.07) is 14.6. The van der Waals surface area contributed by atoms with Gasteiger partial charge in [-0.1, -0.05) is 42.5 Å². The van der Waals surface area contributed by atoms with Crippen LogP contribution in [0, 0.1) is 0 Å². The van der Waals surface area contributed by atoms with Crippen molar-refractivity contribution < 1.29 is 8.42 Å². The van der Waals surface area contributed by atoms with Gasteiger partial charge in [-0.15, -0.1) is 0 Å². The van der Waals surface area contributed by atoms with Crippen LogP contribution in [0.2, 0.25) is 0 Å². The van der Waals surface area contributed by atoms with Gasteiger partial charge in [-0.2, -0.15) is 0 Å². The Bertz CT molecular complexity index is 689. The van der Waals surface area contributed by atoms with Crippen LogP contribution in [0.3, 0.4) is 0 Å². The summed E-state index contributed by atoms with van der Waals surface area (Å²) in [5.74, 6) is 0.595. The lowest BCUT2D eigenvalue weighted by molar-refractivity contribution is 0.555. The normalized spacial score (nSPS) is 21.8. The van der Waals surface area contributed by atoms with E-state index in [2.05, 4.69) is 29.6 Å². The van der Waals surface area contributed by atoms with E-state index in [1.807, 2.05) is 18.2 Å². The number of sulfone groups is 1. The molecule has 0 amide bonds. The Kier molecular flexibility index (Phi) is 3.29. The summed E-state index contributed by atoms with van der Waals surface area (Å²) in [7, 11) is -2.80. The lowest BCUT2D eigenvalue weighted by atomic mass is 10.0. The first-order valence-electron chi connectivity index (χ1n) is 6.54. The maximum atomic E-state index is 11.4. The van der Waals surface area contributed by atoms with Crippen LogP contribution in [0.1, 0.15) is 12.0 Å². The van der Waals surface area contributed by atoms with Crippen molar-refractivity contribution in [2.24, 2.45) is 0 Å². The standard InChI is InChI=1S/C15H17NO2S/c17-19(18)9-8-14(11-19)16-10-13-6-3-5-12-4-1-2-7-15(12)13/h1-7,14,16H,8-11H2/t14-/m0/s1. The fourth-order valence-electron chi connectivity index (χ4n) is 2.66. The molecule has 2 aromatic carbocycles. The highest BCUT2D eigenvalue weighted by Gasteiger charge is 2.27. The molecule has 100 valence electrons. The maximum Gasteiger partial charge on any atom is 0.151 e. The topological polar surface area (TPSA) is 46.2 Å². The molecule has 1 N–H and O–H groups in total. The van der Waals surface area contributed by atoms with E-state index in [9.17, 15) is 8.42 Å². The van der Waals surface area contributed by atoms with Gasteiger partial charge in [0.05, 0.1) is 11.5 Å². The number of nitrogens with one attached hydrogen (secondary N) is 1. The number of hydrogen-bond donors (Lipinski definition) is 1. The van der Waals surface area contributed by atoms with Gasteiger partial charge in [0.1, 0.15) is 0 Å². The van der Waals surface area contributed by atoms with Crippen LogP contribution < -0.4 is 5.32 Å². The molecule has 3 rings (SSSR count). The molecule has 0 aliphatic carbocycles. The maximum absolute atomic E-state index is 11.4. The highest BCUT2D eigenvalue weighted by Crippen LogP contribution is 2.19. The predicted molar refractivity (Wildman–Crippen MR) is 77.8 cm³/mol. The van der Waals surface area contributed by atoms with Crippen molar-refractivity contribution in [2.75, 3.05) is 11.5 Å². The van der Waals surface area contributed by atoms with E-state index in [4.69, 9.17) is 0 Å². The Morgan fingerprint density at radius 3 is 2.68 bits per heavy atom. The van der Waals surface area contributed by atoms with Crippen molar-refractivity contribution in [3.05, 3.63) is 48.0 Å². The molecule has 1 heterocycles. The van der Waals surface area contributed by atoms with Gasteiger partial charge in [-0.25, -0.2) is 8.42 Å². The molecule has 1 fully saturated rings. The monoisotopic (exact) mass is 275 g/mol. The average molecular weight is 275 g/mol. The SMILES string of the molecule is O=S1(=O)CC[C@H](NCc2cccc3ccccc23)C1. The zero-order valence-electron chi connectivity index (χ0n) is 10.7. The van der Waals surface area contributed by atoms with Gasteiger partial charge in [0, 0.05) is 12.6 Å². The minimum absolute atomic E-state index is 0.101. The largest absolute Gasteiger partial charge is 0.309 e. The van der Waals surface area contributed by atoms with Crippen molar-refractivity contribution in [2.45, 2.75) is 19.0 Å². The van der Waals surface area contributed by atoms with Gasteiger partial charge in [0.25, 0.3) is 0 Å². The lowest BCUT2D eigenvalue weighted by Crippen LogP contribution is -2.29. The molecule has 19 heavy (non-hydrogen) atoms. The first kappa shape index (κ1) is 12.6. The van der Waals surface area contributed by atoms with Crippen LogP contribution in [0.25, 0.3) is 10.8 Å². The van der Waals surface area contributed by atoms with Crippen LogP contribution >= 0.6 is 0 Å². The van der Waals surface area contributed by atoms with Crippen LogP contribution in [-0.4, -0.2) is 26.0 Å². The third-order valence-corrected chi connectivity index (χ3v) is 5.46. The van der Waals surface area contributed by atoms with Crippen molar-refractivity contribution in [1.29, 1.82) is 0 Å². The highest BCUT2D eigenvalue weighted by molar-refractivity contribution is 7.91. The van der Waals surface area contributed by atoms with Gasteiger partial charge in [-0.05, 0) is 22.8 Å². The van der Waals surface area contributed by atoms with Crippen LogP contribution in [0.4, 0.5) is 0 Å². The second-order valence-electron chi connectivity index (χ2n) is 5.12. The van der Waals surface area contributed by atoms with Crippen LogP contribution in [0.5, 0.6) is 0 Å². The Hall–Kier alpha value is -1.39. The van der Waals surface area contributed by atoms with E-state index in [1.54, 1.807) is 0 Å². The van der Waals surface area contributed by atoms with E-state index in [0.29, 0.717) is 5.75 Å². The molecule has 0 saturated carbocycles. The molecular weight excluding hydrogens is 258 g/mol. The zero-order chi connectivity index (χ0) is 13.3. The molecule has 0 spiro atoms. The number of benzene rings is 2. The number of hydrogen-bond acceptors (Lipinski definition) is 3. The molecule has 1 aliphatic rings. The molecule has 3 nitrogen and oxygen atoms in total. The first-order valence-corrected chi connectivity index (χ1v) is 8.37. The predicted octanol–water partition coefficient (Wildman–Crippen LogP) is 2.12. The van der Waals surface area contributed by atoms with Crippen molar-refractivity contribution in [1.82, 2.24) is 5.32 Å². The summed E-state index contributed by atoms with van der Waals surface area (Å²) in [5.41, 5.74) is 1.22. The van der Waals surface area contributed by atoms with Crippen LogP contribution in [-0.2, 0) is 16.4 Å². The summed E-state index contributed by atoms with van der Waals surface area (Å²) < 4.78 is 22.8. The first-order chi connectivity index (χ1) is 9.14. The van der Waals surface area contributed by atoms with Gasteiger partial charge in [0.2, 0.25) is 0 Å². The molecule has 1 atom stereocenters. The van der Waals surface area contributed by atoms with Crippen molar-refractivity contribution in [3.63, 3.8) is 0 Å². The minimum atomic E-state index is -2.80. The Balaban J connectivity index is 1.76. The van der Waals surface area contributed by atoms with Crippen LogP contribution in [0.15, 0.2) is 42.5 Å². The van der Waals surface area contributed by atoms with E-state index in [0.717, 1.165) is 13.0 Å². The molecule has 1 saturated heterocycles. The average Bonchev–Trinajstić information content (AvgIpc) is 2.76. The Labute approximate surface area is 113 Å². The lowest BCUT2D eigenvalue weighted by Gasteiger charge is -2.12. The highest BCUT2D eigenvalue weighted by atomic mass is 32.2. The summed E-state index contributed by atoms with van der Waals surface area (Å²) in [4.78, 5) is 0. The molecule has 0 radical (unpaired) electrons. The zero-order valence-corrected chi connectivity index (χ0v) is 11.5. The van der Waals surface area contributed by atoms with Crippen molar-refractivity contribution in [3.8, 4) is 0 Å². The molecule has 1 aliphatic heterocycles. The third-order valence-electron chi connectivity index (χ3n) is 3.69. The Morgan fingerprint density at radius 2 is 1.89 bits per heavy atom. The minimum Gasteiger partial charge on any atom is -0.309 e. The van der Waals surface area contributed by atoms with Gasteiger partial charge >= 0.3 is 0 Å².